The number of likely N-dealkylation sites (tertiary alicyclic amines) is 1. The van der Waals surface area contributed by atoms with Crippen LogP contribution in [-0.4, -0.2) is 76.8 Å². The lowest BCUT2D eigenvalue weighted by atomic mass is 9.95. The highest BCUT2D eigenvalue weighted by atomic mass is 16.2. The van der Waals surface area contributed by atoms with Crippen molar-refractivity contribution in [2.24, 2.45) is 0 Å². The maximum Gasteiger partial charge on any atom is 0.313 e. The summed E-state index contributed by atoms with van der Waals surface area (Å²) < 4.78 is 0. The van der Waals surface area contributed by atoms with Gasteiger partial charge in [-0.1, -0.05) is 32.6 Å². The highest BCUT2D eigenvalue weighted by Crippen LogP contribution is 2.25. The molecule has 2 amide bonds. The Morgan fingerprint density at radius 1 is 1.17 bits per heavy atom. The molecule has 3 heterocycles. The lowest BCUT2D eigenvalue weighted by molar-refractivity contribution is -0.145. The van der Waals surface area contributed by atoms with Crippen LogP contribution in [0.1, 0.15) is 45.6 Å². The quantitative estimate of drug-likeness (QED) is 0.460. The van der Waals surface area contributed by atoms with Crippen LogP contribution < -0.4 is 11.1 Å². The summed E-state index contributed by atoms with van der Waals surface area (Å²) in [6, 6.07) is 1.57. The molecular weight excluding hydrogens is 440 g/mol. The van der Waals surface area contributed by atoms with Crippen molar-refractivity contribution in [3.8, 4) is 0 Å². The number of amides is 2. The Kier molecular flexibility index (Phi) is 9.48. The second-order valence-corrected chi connectivity index (χ2v) is 9.13. The molecule has 0 aliphatic carbocycles. The number of carbonyl (C=O) groups excluding carboxylic acids is 2. The summed E-state index contributed by atoms with van der Waals surface area (Å²) in [6.45, 7) is 16.2. The molecule has 2 aliphatic rings. The van der Waals surface area contributed by atoms with Crippen molar-refractivity contribution in [3.05, 3.63) is 53.9 Å². The van der Waals surface area contributed by atoms with E-state index < -0.39 is 11.8 Å². The molecule has 1 aromatic heterocycles. The molecule has 35 heavy (non-hydrogen) atoms. The summed E-state index contributed by atoms with van der Waals surface area (Å²) in [5, 5.41) is 2.70. The van der Waals surface area contributed by atoms with Gasteiger partial charge in [-0.3, -0.25) is 9.59 Å². The molecule has 1 aromatic rings. The third-order valence-corrected chi connectivity index (χ3v) is 6.97. The summed E-state index contributed by atoms with van der Waals surface area (Å²) in [4.78, 5) is 36.5. The minimum absolute atomic E-state index is 0.191. The third kappa shape index (κ3) is 6.72. The number of allylic oxidation sites excluding steroid dienone is 2. The number of nitrogen functional groups attached to an aromatic ring is 1. The van der Waals surface area contributed by atoms with Crippen LogP contribution in [0.25, 0.3) is 0 Å². The van der Waals surface area contributed by atoms with Crippen molar-refractivity contribution in [3.63, 3.8) is 0 Å². The van der Waals surface area contributed by atoms with Crippen LogP contribution in [0.2, 0.25) is 0 Å². The zero-order valence-electron chi connectivity index (χ0n) is 21.4. The molecule has 1 atom stereocenters. The number of nitrogens with two attached hydrogens (primary N) is 1. The average Bonchev–Trinajstić information content (AvgIpc) is 2.89. The fourth-order valence-corrected chi connectivity index (χ4v) is 4.76. The summed E-state index contributed by atoms with van der Waals surface area (Å²) in [5.41, 5.74) is 9.17. The number of nitrogens with zero attached hydrogens (tertiary/aromatic N) is 4. The Morgan fingerprint density at radius 3 is 2.57 bits per heavy atom. The molecule has 3 N–H and O–H groups in total. The van der Waals surface area contributed by atoms with Gasteiger partial charge in [-0.25, -0.2) is 4.98 Å². The van der Waals surface area contributed by atoms with Crippen molar-refractivity contribution in [2.45, 2.75) is 52.5 Å². The molecule has 3 rings (SSSR count). The Labute approximate surface area is 209 Å². The number of likely N-dealkylation sites (N-methyl/N-ethyl adjacent to an activating group) is 1. The first-order valence-corrected chi connectivity index (χ1v) is 12.7. The van der Waals surface area contributed by atoms with Crippen LogP contribution in [0.15, 0.2) is 48.3 Å². The van der Waals surface area contributed by atoms with E-state index in [-0.39, 0.29) is 6.04 Å². The smallest absolute Gasteiger partial charge is 0.313 e. The second kappa shape index (κ2) is 12.5. The van der Waals surface area contributed by atoms with Crippen molar-refractivity contribution >= 4 is 23.3 Å². The lowest BCUT2D eigenvalue weighted by Crippen LogP contribution is -2.48. The molecule has 0 radical (unpaired) electrons. The van der Waals surface area contributed by atoms with Gasteiger partial charge in [-0.05, 0) is 62.4 Å². The van der Waals surface area contributed by atoms with E-state index in [0.717, 1.165) is 68.8 Å². The van der Waals surface area contributed by atoms with E-state index in [1.807, 2.05) is 19.9 Å². The van der Waals surface area contributed by atoms with Gasteiger partial charge in [0.05, 0.1) is 17.9 Å². The highest BCUT2D eigenvalue weighted by molar-refractivity contribution is 6.39. The number of pyridine rings is 1. The number of aromatic nitrogens is 1. The van der Waals surface area contributed by atoms with Gasteiger partial charge in [0, 0.05) is 38.4 Å². The van der Waals surface area contributed by atoms with E-state index in [4.69, 9.17) is 5.73 Å². The van der Waals surface area contributed by atoms with Crippen LogP contribution in [0.4, 0.5) is 11.5 Å². The molecule has 8 heteroatoms. The fourth-order valence-electron chi connectivity index (χ4n) is 4.76. The van der Waals surface area contributed by atoms with E-state index in [1.165, 1.54) is 6.20 Å². The standard InChI is InChI=1S/C27H40N6O2/c1-5-21-18-22(19-29-25(21)28)30-26(34)27(35)33-13-9-8-10-24(33)20(4)11-12-23(6-2)32-16-14-31(7-3)15-17-32/h6,11-12,18-19,24H,4-5,7-10,13-17H2,1-3H3,(H2,28,29)(H,30,34)/b12-11-,23-6+/t24-/m0/s1. The molecule has 190 valence electrons. The van der Waals surface area contributed by atoms with Crippen molar-refractivity contribution in [1.29, 1.82) is 0 Å². The number of anilines is 2. The molecule has 2 saturated heterocycles. The maximum absolute atomic E-state index is 13.1. The van der Waals surface area contributed by atoms with Gasteiger partial charge in [0.1, 0.15) is 5.82 Å². The number of nitrogens with one attached hydrogen (secondary N) is 1. The molecule has 0 saturated carbocycles. The van der Waals surface area contributed by atoms with E-state index in [0.29, 0.717) is 24.5 Å². The van der Waals surface area contributed by atoms with Gasteiger partial charge >= 0.3 is 11.8 Å². The van der Waals surface area contributed by atoms with Gasteiger partial charge in [0.15, 0.2) is 0 Å². The topological polar surface area (TPSA) is 94.8 Å². The predicted octanol–water partition coefficient (Wildman–Crippen LogP) is 3.20. The Bertz CT molecular complexity index is 978. The lowest BCUT2D eigenvalue weighted by Gasteiger charge is -2.37. The SMILES string of the molecule is C=C(/C=C\C(=C/C)N1CCN(CC)CC1)[C@@H]1CCCCN1C(=O)C(=O)Nc1cnc(N)c(CC)c1. The zero-order chi connectivity index (χ0) is 25.4. The number of piperazine rings is 1. The van der Waals surface area contributed by atoms with E-state index in [9.17, 15) is 9.59 Å². The third-order valence-electron chi connectivity index (χ3n) is 6.97. The number of rotatable bonds is 7. The van der Waals surface area contributed by atoms with E-state index >= 15 is 0 Å². The minimum Gasteiger partial charge on any atom is -0.383 e. The molecule has 0 spiro atoms. The molecule has 0 unspecified atom stereocenters. The van der Waals surface area contributed by atoms with Gasteiger partial charge in [-0.2, -0.15) is 0 Å². The largest absolute Gasteiger partial charge is 0.383 e. The number of piperidine rings is 1. The van der Waals surface area contributed by atoms with Crippen LogP contribution >= 0.6 is 0 Å². The van der Waals surface area contributed by atoms with Crippen LogP contribution in [-0.2, 0) is 16.0 Å². The summed E-state index contributed by atoms with van der Waals surface area (Å²) in [6.07, 6.45) is 11.1. The monoisotopic (exact) mass is 480 g/mol. The first kappa shape index (κ1) is 26.5. The first-order valence-electron chi connectivity index (χ1n) is 12.7. The number of aryl methyl sites for hydroxylation is 1. The summed E-state index contributed by atoms with van der Waals surface area (Å²) >= 11 is 0. The van der Waals surface area contributed by atoms with Crippen LogP contribution in [0.5, 0.6) is 0 Å². The van der Waals surface area contributed by atoms with Gasteiger partial charge < -0.3 is 25.8 Å². The highest BCUT2D eigenvalue weighted by Gasteiger charge is 2.32. The number of hydrogen-bond acceptors (Lipinski definition) is 6. The summed E-state index contributed by atoms with van der Waals surface area (Å²) in [5.74, 6) is -0.768. The minimum atomic E-state index is -0.662. The number of carbonyl (C=O) groups is 2. The van der Waals surface area contributed by atoms with Crippen molar-refractivity contribution < 1.29 is 9.59 Å². The van der Waals surface area contributed by atoms with Gasteiger partial charge in [0.2, 0.25) is 0 Å². The van der Waals surface area contributed by atoms with Gasteiger partial charge in [-0.15, -0.1) is 0 Å². The van der Waals surface area contributed by atoms with E-state index in [1.54, 1.807) is 11.0 Å². The predicted molar refractivity (Wildman–Crippen MR) is 142 cm³/mol. The van der Waals surface area contributed by atoms with Crippen LogP contribution in [0, 0.1) is 0 Å². The molecule has 2 fully saturated rings. The molecule has 0 bridgehead atoms. The van der Waals surface area contributed by atoms with Crippen molar-refractivity contribution in [2.75, 3.05) is 50.3 Å². The first-order chi connectivity index (χ1) is 16.9. The normalized spacial score (nSPS) is 19.7. The Hall–Kier alpha value is -3.13. The average molecular weight is 481 g/mol. The fraction of sp³-hybridized carbons (Fsp3) is 0.519. The van der Waals surface area contributed by atoms with E-state index in [2.05, 4.69) is 45.8 Å². The molecule has 8 nitrogen and oxygen atoms in total. The van der Waals surface area contributed by atoms with Gasteiger partial charge in [0.25, 0.3) is 0 Å². The Morgan fingerprint density at radius 2 is 1.91 bits per heavy atom. The molecule has 0 aromatic carbocycles. The maximum atomic E-state index is 13.1. The second-order valence-electron chi connectivity index (χ2n) is 9.13. The Balaban J connectivity index is 1.65. The zero-order valence-corrected chi connectivity index (χ0v) is 21.4. The molecule has 2 aliphatic heterocycles. The van der Waals surface area contributed by atoms with Crippen molar-refractivity contribution in [1.82, 2.24) is 19.7 Å². The number of hydrogen-bond donors (Lipinski definition) is 2. The van der Waals surface area contributed by atoms with Crippen LogP contribution in [0.3, 0.4) is 0 Å². The molecular formula is C27H40N6O2. The summed E-state index contributed by atoms with van der Waals surface area (Å²) in [7, 11) is 0.